The molecule has 0 aromatic carbocycles. The summed E-state index contributed by atoms with van der Waals surface area (Å²) in [6.07, 6.45) is 0. The van der Waals surface area contributed by atoms with Crippen molar-refractivity contribution in [3.63, 3.8) is 0 Å². The van der Waals surface area contributed by atoms with Crippen molar-refractivity contribution in [1.29, 1.82) is 0 Å². The van der Waals surface area contributed by atoms with Crippen LogP contribution in [-0.4, -0.2) is 18.9 Å². The van der Waals surface area contributed by atoms with E-state index in [0.717, 1.165) is 18.9 Å². The van der Waals surface area contributed by atoms with E-state index in [2.05, 4.69) is 43.5 Å². The highest BCUT2D eigenvalue weighted by molar-refractivity contribution is 5.83. The minimum absolute atomic E-state index is 0.480. The Hall–Kier alpha value is -0.570. The van der Waals surface area contributed by atoms with E-state index >= 15 is 0 Å². The molecule has 0 amide bonds. The molecule has 0 aromatic rings. The van der Waals surface area contributed by atoms with E-state index in [1.165, 1.54) is 0 Å². The van der Waals surface area contributed by atoms with E-state index in [-0.39, 0.29) is 0 Å². The summed E-state index contributed by atoms with van der Waals surface area (Å²) in [5, 5.41) is 0. The second kappa shape index (κ2) is 4.61. The maximum Gasteiger partial charge on any atom is 0.113 e. The number of rotatable bonds is 1. The first-order valence-electron chi connectivity index (χ1n) is 5.14. The Bertz CT molecular complexity index is 187. The van der Waals surface area contributed by atoms with Gasteiger partial charge in [-0.2, -0.15) is 0 Å². The fourth-order valence-electron chi connectivity index (χ4n) is 1.29. The molecule has 76 valence electrons. The molecule has 0 saturated heterocycles. The minimum Gasteiger partial charge on any atom is -0.309 e. The minimum atomic E-state index is 0.480. The van der Waals surface area contributed by atoms with Crippen molar-refractivity contribution in [2.45, 2.75) is 27.7 Å². The van der Waals surface area contributed by atoms with Crippen LogP contribution in [0.15, 0.2) is 4.99 Å². The van der Waals surface area contributed by atoms with Crippen LogP contribution in [0, 0.1) is 17.8 Å². The second-order valence-corrected chi connectivity index (χ2v) is 4.34. The highest BCUT2D eigenvalue weighted by atomic mass is 15.4. The average molecular weight is 183 g/mol. The van der Waals surface area contributed by atoms with Crippen molar-refractivity contribution >= 4 is 5.84 Å². The van der Waals surface area contributed by atoms with Gasteiger partial charge in [0.05, 0.1) is 0 Å². The molecule has 0 fully saturated rings. The van der Waals surface area contributed by atoms with Gasteiger partial charge in [0.25, 0.3) is 0 Å². The SMILES string of the molecule is CC(C)C1=NCC(C)C(C)CNN1. The van der Waals surface area contributed by atoms with Crippen LogP contribution in [0.1, 0.15) is 27.7 Å². The Labute approximate surface area is 81.0 Å². The lowest BCUT2D eigenvalue weighted by Gasteiger charge is -2.24. The van der Waals surface area contributed by atoms with Crippen molar-refractivity contribution in [1.82, 2.24) is 10.9 Å². The molecule has 1 aliphatic rings. The van der Waals surface area contributed by atoms with Gasteiger partial charge in [0.15, 0.2) is 0 Å². The van der Waals surface area contributed by atoms with Crippen LogP contribution >= 0.6 is 0 Å². The topological polar surface area (TPSA) is 36.4 Å². The monoisotopic (exact) mass is 183 g/mol. The van der Waals surface area contributed by atoms with E-state index in [1.807, 2.05) is 0 Å². The molecule has 0 spiro atoms. The Morgan fingerprint density at radius 3 is 2.62 bits per heavy atom. The normalized spacial score (nSPS) is 30.4. The highest BCUT2D eigenvalue weighted by Crippen LogP contribution is 2.11. The van der Waals surface area contributed by atoms with Gasteiger partial charge in [0.2, 0.25) is 0 Å². The van der Waals surface area contributed by atoms with Crippen molar-refractivity contribution in [3.8, 4) is 0 Å². The van der Waals surface area contributed by atoms with Gasteiger partial charge in [-0.3, -0.25) is 4.99 Å². The Kier molecular flexibility index (Phi) is 3.72. The van der Waals surface area contributed by atoms with E-state index in [1.54, 1.807) is 0 Å². The highest BCUT2D eigenvalue weighted by Gasteiger charge is 2.15. The molecular weight excluding hydrogens is 162 g/mol. The summed E-state index contributed by atoms with van der Waals surface area (Å²) in [5.74, 6) is 2.92. The molecule has 2 unspecified atom stereocenters. The summed E-state index contributed by atoms with van der Waals surface area (Å²) >= 11 is 0. The smallest absolute Gasteiger partial charge is 0.113 e. The molecule has 2 atom stereocenters. The lowest BCUT2D eigenvalue weighted by atomic mass is 9.96. The van der Waals surface area contributed by atoms with E-state index in [9.17, 15) is 0 Å². The van der Waals surface area contributed by atoms with Crippen LogP contribution < -0.4 is 10.9 Å². The first-order chi connectivity index (χ1) is 6.11. The third-order valence-corrected chi connectivity index (χ3v) is 2.71. The summed E-state index contributed by atoms with van der Waals surface area (Å²) in [7, 11) is 0. The third kappa shape index (κ3) is 2.99. The number of nitrogens with zero attached hydrogens (tertiary/aromatic N) is 1. The standard InChI is InChI=1S/C10H21N3/c1-7(2)10-11-5-8(3)9(4)6-12-13-10/h7-9,12H,5-6H2,1-4H3,(H,11,13). The number of nitrogens with one attached hydrogen (secondary N) is 2. The van der Waals surface area contributed by atoms with Gasteiger partial charge in [0, 0.05) is 19.0 Å². The van der Waals surface area contributed by atoms with Gasteiger partial charge in [-0.1, -0.05) is 27.7 Å². The van der Waals surface area contributed by atoms with Gasteiger partial charge in [-0.05, 0) is 11.8 Å². The fourth-order valence-corrected chi connectivity index (χ4v) is 1.29. The summed E-state index contributed by atoms with van der Waals surface area (Å²) in [6, 6.07) is 0. The maximum atomic E-state index is 4.56. The predicted octanol–water partition coefficient (Wildman–Crippen LogP) is 1.42. The molecule has 0 aromatic heterocycles. The number of hydrazine groups is 1. The Morgan fingerprint density at radius 2 is 2.00 bits per heavy atom. The van der Waals surface area contributed by atoms with E-state index < -0.39 is 0 Å². The molecule has 1 heterocycles. The quantitative estimate of drug-likeness (QED) is 0.645. The lowest BCUT2D eigenvalue weighted by molar-refractivity contribution is 0.356. The zero-order valence-corrected chi connectivity index (χ0v) is 9.09. The Morgan fingerprint density at radius 1 is 1.31 bits per heavy atom. The zero-order valence-electron chi connectivity index (χ0n) is 9.09. The van der Waals surface area contributed by atoms with Gasteiger partial charge in [0.1, 0.15) is 5.84 Å². The molecule has 0 saturated carbocycles. The number of hydrogen-bond donors (Lipinski definition) is 2. The summed E-state index contributed by atoms with van der Waals surface area (Å²) in [5.41, 5.74) is 6.39. The van der Waals surface area contributed by atoms with Crippen LogP contribution in [0.5, 0.6) is 0 Å². The van der Waals surface area contributed by atoms with Crippen molar-refractivity contribution in [3.05, 3.63) is 0 Å². The van der Waals surface area contributed by atoms with Gasteiger partial charge in [-0.25, -0.2) is 5.43 Å². The summed E-state index contributed by atoms with van der Waals surface area (Å²) in [4.78, 5) is 4.56. The molecule has 2 N–H and O–H groups in total. The Balaban J connectivity index is 2.60. The summed E-state index contributed by atoms with van der Waals surface area (Å²) in [6.45, 7) is 10.8. The number of hydrogen-bond acceptors (Lipinski definition) is 3. The van der Waals surface area contributed by atoms with Crippen molar-refractivity contribution in [2.75, 3.05) is 13.1 Å². The van der Waals surface area contributed by atoms with Gasteiger partial charge < -0.3 is 5.43 Å². The van der Waals surface area contributed by atoms with Crippen molar-refractivity contribution < 1.29 is 0 Å². The van der Waals surface area contributed by atoms with Crippen LogP contribution in [0.25, 0.3) is 0 Å². The molecular formula is C10H21N3. The maximum absolute atomic E-state index is 4.56. The van der Waals surface area contributed by atoms with Crippen molar-refractivity contribution in [2.24, 2.45) is 22.7 Å². The third-order valence-electron chi connectivity index (χ3n) is 2.71. The first kappa shape index (κ1) is 10.5. The molecule has 13 heavy (non-hydrogen) atoms. The molecule has 1 rings (SSSR count). The lowest BCUT2D eigenvalue weighted by Crippen LogP contribution is -2.45. The molecule has 0 radical (unpaired) electrons. The molecule has 3 heteroatoms. The molecule has 0 aliphatic carbocycles. The fraction of sp³-hybridized carbons (Fsp3) is 0.900. The van der Waals surface area contributed by atoms with E-state index in [0.29, 0.717) is 17.8 Å². The van der Waals surface area contributed by atoms with Gasteiger partial charge >= 0.3 is 0 Å². The average Bonchev–Trinajstić information content (AvgIpc) is 2.06. The number of amidine groups is 1. The van der Waals surface area contributed by atoms with Crippen LogP contribution in [0.2, 0.25) is 0 Å². The van der Waals surface area contributed by atoms with E-state index in [4.69, 9.17) is 0 Å². The predicted molar refractivity (Wildman–Crippen MR) is 56.6 cm³/mol. The zero-order chi connectivity index (χ0) is 9.84. The second-order valence-electron chi connectivity index (χ2n) is 4.34. The first-order valence-corrected chi connectivity index (χ1v) is 5.14. The summed E-state index contributed by atoms with van der Waals surface area (Å²) < 4.78 is 0. The van der Waals surface area contributed by atoms with Crippen LogP contribution in [0.3, 0.4) is 0 Å². The van der Waals surface area contributed by atoms with Gasteiger partial charge in [-0.15, -0.1) is 0 Å². The molecule has 3 nitrogen and oxygen atoms in total. The van der Waals surface area contributed by atoms with Crippen LogP contribution in [-0.2, 0) is 0 Å². The number of aliphatic imine (C=N–C) groups is 1. The largest absolute Gasteiger partial charge is 0.309 e. The molecule has 1 aliphatic heterocycles. The van der Waals surface area contributed by atoms with Crippen LogP contribution in [0.4, 0.5) is 0 Å². The molecule has 0 bridgehead atoms.